The van der Waals surface area contributed by atoms with Crippen LogP contribution in [-0.4, -0.2) is 47.4 Å². The van der Waals surface area contributed by atoms with Crippen LogP contribution in [0.3, 0.4) is 0 Å². The Morgan fingerprint density at radius 3 is 2.40 bits per heavy atom. The van der Waals surface area contributed by atoms with Crippen LogP contribution >= 0.6 is 0 Å². The van der Waals surface area contributed by atoms with E-state index in [0.717, 1.165) is 24.6 Å². The van der Waals surface area contributed by atoms with E-state index >= 15 is 0 Å². The minimum atomic E-state index is -0.718. The SMILES string of the molecule is O=C1CCCN1Cc1ccc(C(=O)N2CCC(Oc3ccc(F)cc3F)CC2)cc1. The number of hydrogen-bond acceptors (Lipinski definition) is 3. The van der Waals surface area contributed by atoms with Gasteiger partial charge in [0.25, 0.3) is 5.91 Å². The third-order valence-electron chi connectivity index (χ3n) is 5.66. The Labute approximate surface area is 174 Å². The quantitative estimate of drug-likeness (QED) is 0.749. The summed E-state index contributed by atoms with van der Waals surface area (Å²) in [4.78, 5) is 28.1. The first-order chi connectivity index (χ1) is 14.5. The van der Waals surface area contributed by atoms with Crippen molar-refractivity contribution in [3.63, 3.8) is 0 Å². The summed E-state index contributed by atoms with van der Waals surface area (Å²) in [5.41, 5.74) is 1.62. The molecule has 158 valence electrons. The molecule has 5 nitrogen and oxygen atoms in total. The minimum absolute atomic E-state index is 0.0354. The highest BCUT2D eigenvalue weighted by atomic mass is 19.1. The maximum absolute atomic E-state index is 13.8. The molecule has 0 radical (unpaired) electrons. The summed E-state index contributed by atoms with van der Waals surface area (Å²) in [6, 6.07) is 10.7. The van der Waals surface area contributed by atoms with Gasteiger partial charge in [0.1, 0.15) is 11.9 Å². The Morgan fingerprint density at radius 1 is 1.03 bits per heavy atom. The molecule has 2 heterocycles. The predicted molar refractivity (Wildman–Crippen MR) is 107 cm³/mol. The van der Waals surface area contributed by atoms with Gasteiger partial charge in [-0.05, 0) is 36.2 Å². The van der Waals surface area contributed by atoms with Crippen LogP contribution in [0, 0.1) is 11.6 Å². The monoisotopic (exact) mass is 414 g/mol. The van der Waals surface area contributed by atoms with Gasteiger partial charge in [0.05, 0.1) is 0 Å². The fourth-order valence-electron chi connectivity index (χ4n) is 3.95. The topological polar surface area (TPSA) is 49.9 Å². The molecule has 2 aliphatic heterocycles. The van der Waals surface area contributed by atoms with Gasteiger partial charge >= 0.3 is 0 Å². The van der Waals surface area contributed by atoms with Gasteiger partial charge in [0, 0.05) is 57.1 Å². The number of ether oxygens (including phenoxy) is 1. The summed E-state index contributed by atoms with van der Waals surface area (Å²) in [6.07, 6.45) is 2.47. The van der Waals surface area contributed by atoms with Crippen molar-refractivity contribution in [2.45, 2.75) is 38.3 Å². The van der Waals surface area contributed by atoms with Crippen molar-refractivity contribution in [2.24, 2.45) is 0 Å². The highest BCUT2D eigenvalue weighted by Gasteiger charge is 2.26. The molecule has 2 aromatic carbocycles. The Balaban J connectivity index is 1.30. The lowest BCUT2D eigenvalue weighted by Crippen LogP contribution is -2.41. The molecule has 7 heteroatoms. The summed E-state index contributed by atoms with van der Waals surface area (Å²) in [5.74, 6) is -1.19. The van der Waals surface area contributed by atoms with Crippen molar-refractivity contribution in [3.8, 4) is 5.75 Å². The Bertz CT molecular complexity index is 925. The van der Waals surface area contributed by atoms with Crippen LogP contribution in [0.1, 0.15) is 41.6 Å². The molecule has 0 spiro atoms. The Morgan fingerprint density at radius 2 is 1.77 bits per heavy atom. The number of hydrogen-bond donors (Lipinski definition) is 0. The maximum atomic E-state index is 13.8. The van der Waals surface area contributed by atoms with E-state index in [1.54, 1.807) is 17.0 Å². The standard InChI is InChI=1S/C23H24F2N2O3/c24-18-7-8-21(20(25)14-18)30-19-9-12-26(13-10-19)23(29)17-5-3-16(4-6-17)15-27-11-1-2-22(27)28/h3-8,14,19H,1-2,9-13,15H2. The van der Waals surface area contributed by atoms with Gasteiger partial charge in [0.15, 0.2) is 11.6 Å². The summed E-state index contributed by atoms with van der Waals surface area (Å²) < 4.78 is 32.4. The number of likely N-dealkylation sites (tertiary alicyclic amines) is 2. The van der Waals surface area contributed by atoms with Crippen molar-refractivity contribution in [2.75, 3.05) is 19.6 Å². The van der Waals surface area contributed by atoms with E-state index in [1.165, 1.54) is 12.1 Å². The van der Waals surface area contributed by atoms with Crippen LogP contribution in [0.15, 0.2) is 42.5 Å². The molecule has 30 heavy (non-hydrogen) atoms. The van der Waals surface area contributed by atoms with E-state index in [1.807, 2.05) is 17.0 Å². The molecule has 0 unspecified atom stereocenters. The molecule has 0 saturated carbocycles. The van der Waals surface area contributed by atoms with Gasteiger partial charge in [-0.15, -0.1) is 0 Å². The van der Waals surface area contributed by atoms with Crippen molar-refractivity contribution < 1.29 is 23.1 Å². The molecule has 2 fully saturated rings. The number of carbonyl (C=O) groups excluding carboxylic acids is 2. The van der Waals surface area contributed by atoms with E-state index < -0.39 is 11.6 Å². The number of carbonyl (C=O) groups is 2. The first-order valence-electron chi connectivity index (χ1n) is 10.3. The molecular formula is C23H24F2N2O3. The second-order valence-corrected chi connectivity index (χ2v) is 7.80. The van der Waals surface area contributed by atoms with Crippen LogP contribution < -0.4 is 4.74 Å². The van der Waals surface area contributed by atoms with E-state index in [-0.39, 0.29) is 23.7 Å². The third kappa shape index (κ3) is 4.61. The highest BCUT2D eigenvalue weighted by Crippen LogP contribution is 2.24. The van der Waals surface area contributed by atoms with Gasteiger partial charge < -0.3 is 14.5 Å². The van der Waals surface area contributed by atoms with E-state index in [0.29, 0.717) is 44.5 Å². The van der Waals surface area contributed by atoms with Gasteiger partial charge in [-0.3, -0.25) is 9.59 Å². The molecule has 0 N–H and O–H groups in total. The molecule has 2 aliphatic rings. The molecule has 2 aromatic rings. The van der Waals surface area contributed by atoms with Crippen molar-refractivity contribution in [1.29, 1.82) is 0 Å². The fraction of sp³-hybridized carbons (Fsp3) is 0.391. The van der Waals surface area contributed by atoms with Crippen LogP contribution in [0.2, 0.25) is 0 Å². The average Bonchev–Trinajstić information content (AvgIpc) is 3.15. The molecule has 0 atom stereocenters. The van der Waals surface area contributed by atoms with E-state index in [4.69, 9.17) is 4.74 Å². The average molecular weight is 414 g/mol. The molecule has 2 saturated heterocycles. The van der Waals surface area contributed by atoms with Gasteiger partial charge in [-0.25, -0.2) is 8.78 Å². The lowest BCUT2D eigenvalue weighted by atomic mass is 10.1. The number of rotatable bonds is 5. The van der Waals surface area contributed by atoms with E-state index in [9.17, 15) is 18.4 Å². The number of benzene rings is 2. The Hall–Kier alpha value is -2.96. The summed E-state index contributed by atoms with van der Waals surface area (Å²) in [7, 11) is 0. The lowest BCUT2D eigenvalue weighted by Gasteiger charge is -2.32. The number of nitrogens with zero attached hydrogens (tertiary/aromatic N) is 2. The summed E-state index contributed by atoms with van der Waals surface area (Å²) in [5, 5.41) is 0. The van der Waals surface area contributed by atoms with Gasteiger partial charge in [0.2, 0.25) is 5.91 Å². The second kappa shape index (κ2) is 8.81. The fourth-order valence-corrected chi connectivity index (χ4v) is 3.95. The largest absolute Gasteiger partial charge is 0.487 e. The zero-order valence-corrected chi connectivity index (χ0v) is 16.7. The molecular weight excluding hydrogens is 390 g/mol. The highest BCUT2D eigenvalue weighted by molar-refractivity contribution is 5.94. The lowest BCUT2D eigenvalue weighted by molar-refractivity contribution is -0.128. The Kier molecular flexibility index (Phi) is 5.97. The zero-order chi connectivity index (χ0) is 21.1. The predicted octanol–water partition coefficient (Wildman–Crippen LogP) is 3.77. The third-order valence-corrected chi connectivity index (χ3v) is 5.66. The maximum Gasteiger partial charge on any atom is 0.253 e. The number of piperidine rings is 1. The molecule has 4 rings (SSSR count). The summed E-state index contributed by atoms with van der Waals surface area (Å²) in [6.45, 7) is 2.39. The smallest absolute Gasteiger partial charge is 0.253 e. The number of amides is 2. The first-order valence-corrected chi connectivity index (χ1v) is 10.3. The first kappa shape index (κ1) is 20.3. The zero-order valence-electron chi connectivity index (χ0n) is 16.7. The second-order valence-electron chi connectivity index (χ2n) is 7.80. The van der Waals surface area contributed by atoms with Crippen molar-refractivity contribution in [1.82, 2.24) is 9.80 Å². The van der Waals surface area contributed by atoms with Crippen molar-refractivity contribution in [3.05, 3.63) is 65.2 Å². The number of halogens is 2. The van der Waals surface area contributed by atoms with Gasteiger partial charge in [-0.1, -0.05) is 12.1 Å². The van der Waals surface area contributed by atoms with Crippen LogP contribution in [0.25, 0.3) is 0 Å². The minimum Gasteiger partial charge on any atom is -0.487 e. The van der Waals surface area contributed by atoms with Crippen LogP contribution in [0.5, 0.6) is 5.75 Å². The molecule has 2 amide bonds. The van der Waals surface area contributed by atoms with Crippen LogP contribution in [-0.2, 0) is 11.3 Å². The molecule has 0 aliphatic carbocycles. The molecule has 0 bridgehead atoms. The van der Waals surface area contributed by atoms with Crippen molar-refractivity contribution >= 4 is 11.8 Å². The van der Waals surface area contributed by atoms with E-state index in [2.05, 4.69) is 0 Å². The summed E-state index contributed by atoms with van der Waals surface area (Å²) >= 11 is 0. The molecule has 0 aromatic heterocycles. The van der Waals surface area contributed by atoms with Crippen LogP contribution in [0.4, 0.5) is 8.78 Å². The normalized spacial score (nSPS) is 17.5. The van der Waals surface area contributed by atoms with Gasteiger partial charge in [-0.2, -0.15) is 0 Å².